The summed E-state index contributed by atoms with van der Waals surface area (Å²) in [5.74, 6) is -2.10. The van der Waals surface area contributed by atoms with E-state index in [0.717, 1.165) is 12.8 Å². The third-order valence-electron chi connectivity index (χ3n) is 4.33. The number of nitrogens with zero attached hydrogens (tertiary/aromatic N) is 1. The largest absolute Gasteiger partial charge is 0.478 e. The molecule has 0 saturated carbocycles. The van der Waals surface area contributed by atoms with E-state index in [2.05, 4.69) is 6.58 Å². The highest BCUT2D eigenvalue weighted by atomic mass is 16.5. The molecular formula is C20H27NO6. The molecule has 0 bridgehead atoms. The lowest BCUT2D eigenvalue weighted by Crippen LogP contribution is -2.32. The fraction of sp³-hybridized carbons (Fsp3) is 0.500. The Labute approximate surface area is 159 Å². The van der Waals surface area contributed by atoms with E-state index < -0.39 is 11.9 Å². The summed E-state index contributed by atoms with van der Waals surface area (Å²) in [5.41, 5.74) is 1.24. The lowest BCUT2D eigenvalue weighted by atomic mass is 10.1. The van der Waals surface area contributed by atoms with Gasteiger partial charge in [0.1, 0.15) is 0 Å². The number of esters is 1. The van der Waals surface area contributed by atoms with E-state index in [1.165, 1.54) is 17.9 Å². The molecule has 1 N–H and O–H groups in total. The molecule has 7 nitrogen and oxygen atoms in total. The fourth-order valence-corrected chi connectivity index (χ4v) is 2.55. The molecule has 0 spiro atoms. The van der Waals surface area contributed by atoms with Crippen LogP contribution in [-0.4, -0.2) is 46.9 Å². The van der Waals surface area contributed by atoms with E-state index in [4.69, 9.17) is 9.84 Å². The molecule has 1 aliphatic rings. The monoisotopic (exact) mass is 377 g/mol. The molecule has 148 valence electrons. The molecule has 27 heavy (non-hydrogen) atoms. The highest BCUT2D eigenvalue weighted by Gasteiger charge is 2.34. The number of aliphatic carboxylic acids is 1. The van der Waals surface area contributed by atoms with Crippen LogP contribution in [0, 0.1) is 0 Å². The van der Waals surface area contributed by atoms with Gasteiger partial charge in [0.15, 0.2) is 0 Å². The number of carbonyl (C=O) groups is 4. The first-order chi connectivity index (χ1) is 12.7. The second kappa shape index (κ2) is 10.4. The zero-order valence-corrected chi connectivity index (χ0v) is 16.2. The summed E-state index contributed by atoms with van der Waals surface area (Å²) in [6.07, 6.45) is 4.58. The predicted octanol–water partition coefficient (Wildman–Crippen LogP) is 2.77. The maximum Gasteiger partial charge on any atom is 0.333 e. The highest BCUT2D eigenvalue weighted by Crippen LogP contribution is 2.24. The molecule has 0 unspecified atom stereocenters. The van der Waals surface area contributed by atoms with Gasteiger partial charge in [-0.15, -0.1) is 0 Å². The Morgan fingerprint density at radius 1 is 1.11 bits per heavy atom. The summed E-state index contributed by atoms with van der Waals surface area (Å²) < 4.78 is 5.00. The third kappa shape index (κ3) is 6.51. The molecule has 2 amide bonds. The van der Waals surface area contributed by atoms with Gasteiger partial charge in [-0.3, -0.25) is 14.5 Å². The number of hydrogen-bond donors (Lipinski definition) is 1. The van der Waals surface area contributed by atoms with Crippen LogP contribution in [0.5, 0.6) is 0 Å². The SMILES string of the molecule is C=C(C)C(=O)OCCCCCCN1C(=O)C(C)=C(C/C=C(\C)C(=O)O)C1=O. The first kappa shape index (κ1) is 22.3. The van der Waals surface area contributed by atoms with Crippen LogP contribution >= 0.6 is 0 Å². The molecule has 0 aromatic carbocycles. The average Bonchev–Trinajstić information content (AvgIpc) is 2.81. The van der Waals surface area contributed by atoms with Crippen LogP contribution in [0.4, 0.5) is 0 Å². The molecule has 0 fully saturated rings. The third-order valence-corrected chi connectivity index (χ3v) is 4.33. The van der Waals surface area contributed by atoms with Crippen LogP contribution in [0.1, 0.15) is 52.9 Å². The molecule has 7 heteroatoms. The zero-order chi connectivity index (χ0) is 20.6. The molecule has 0 radical (unpaired) electrons. The van der Waals surface area contributed by atoms with Crippen molar-refractivity contribution in [2.75, 3.05) is 13.2 Å². The van der Waals surface area contributed by atoms with E-state index in [0.29, 0.717) is 42.7 Å². The van der Waals surface area contributed by atoms with Crippen LogP contribution in [0.3, 0.4) is 0 Å². The fourth-order valence-electron chi connectivity index (χ4n) is 2.55. The Kier molecular flexibility index (Phi) is 8.65. The summed E-state index contributed by atoms with van der Waals surface area (Å²) in [4.78, 5) is 48.0. The zero-order valence-electron chi connectivity index (χ0n) is 16.2. The number of carbonyl (C=O) groups excluding carboxylic acids is 3. The highest BCUT2D eigenvalue weighted by molar-refractivity contribution is 6.19. The maximum atomic E-state index is 12.4. The molecule has 0 aliphatic carbocycles. The van der Waals surface area contributed by atoms with Gasteiger partial charge in [-0.05, 0) is 46.5 Å². The summed E-state index contributed by atoms with van der Waals surface area (Å²) in [5, 5.41) is 8.88. The number of imide groups is 1. The lowest BCUT2D eigenvalue weighted by molar-refractivity contribution is -0.139. The van der Waals surface area contributed by atoms with Crippen molar-refractivity contribution in [3.8, 4) is 0 Å². The average molecular weight is 377 g/mol. The first-order valence-electron chi connectivity index (χ1n) is 8.95. The van der Waals surface area contributed by atoms with Crippen molar-refractivity contribution in [2.24, 2.45) is 0 Å². The Morgan fingerprint density at radius 2 is 1.74 bits per heavy atom. The smallest absolute Gasteiger partial charge is 0.333 e. The Hall–Kier alpha value is -2.70. The molecular weight excluding hydrogens is 350 g/mol. The van der Waals surface area contributed by atoms with Crippen molar-refractivity contribution < 1.29 is 29.0 Å². The number of carboxylic acids is 1. The van der Waals surface area contributed by atoms with E-state index >= 15 is 0 Å². The van der Waals surface area contributed by atoms with Gasteiger partial charge in [-0.25, -0.2) is 9.59 Å². The van der Waals surface area contributed by atoms with Crippen molar-refractivity contribution in [1.82, 2.24) is 4.90 Å². The Bertz CT molecular complexity index is 701. The summed E-state index contributed by atoms with van der Waals surface area (Å²) in [6.45, 7) is 8.79. The van der Waals surface area contributed by atoms with Gasteiger partial charge in [0.2, 0.25) is 0 Å². The molecule has 1 aliphatic heterocycles. The minimum atomic E-state index is -1.05. The number of amides is 2. The van der Waals surface area contributed by atoms with Gasteiger partial charge in [0.25, 0.3) is 11.8 Å². The number of hydrogen-bond acceptors (Lipinski definition) is 5. The van der Waals surface area contributed by atoms with Crippen LogP contribution < -0.4 is 0 Å². The van der Waals surface area contributed by atoms with E-state index in [9.17, 15) is 19.2 Å². The van der Waals surface area contributed by atoms with Crippen molar-refractivity contribution in [2.45, 2.75) is 52.9 Å². The maximum absolute atomic E-state index is 12.4. The minimum Gasteiger partial charge on any atom is -0.478 e. The molecule has 1 heterocycles. The van der Waals surface area contributed by atoms with Crippen LogP contribution in [0.25, 0.3) is 0 Å². The van der Waals surface area contributed by atoms with Gasteiger partial charge in [-0.2, -0.15) is 0 Å². The summed E-state index contributed by atoms with van der Waals surface area (Å²) >= 11 is 0. The number of rotatable bonds is 11. The number of carboxylic acid groups (broad SMARTS) is 1. The summed E-state index contributed by atoms with van der Waals surface area (Å²) in [7, 11) is 0. The second-order valence-electron chi connectivity index (χ2n) is 6.59. The van der Waals surface area contributed by atoms with Gasteiger partial charge >= 0.3 is 11.9 Å². The van der Waals surface area contributed by atoms with Crippen molar-refractivity contribution >= 4 is 23.8 Å². The summed E-state index contributed by atoms with van der Waals surface area (Å²) in [6, 6.07) is 0. The van der Waals surface area contributed by atoms with Gasteiger partial charge in [0.05, 0.1) is 6.61 Å². The molecule has 0 aromatic rings. The molecule has 1 rings (SSSR count). The van der Waals surface area contributed by atoms with Crippen molar-refractivity contribution in [3.05, 3.63) is 34.9 Å². The van der Waals surface area contributed by atoms with Gasteiger partial charge in [0, 0.05) is 28.8 Å². The topological polar surface area (TPSA) is 101 Å². The van der Waals surface area contributed by atoms with Gasteiger partial charge < -0.3 is 9.84 Å². The second-order valence-corrected chi connectivity index (χ2v) is 6.59. The normalized spacial score (nSPS) is 14.8. The standard InChI is InChI=1S/C20H27NO6/c1-13(2)20(26)27-12-8-6-5-7-11-21-17(22)15(4)16(18(21)23)10-9-14(3)19(24)25/h9H,1,5-8,10-12H2,2-4H3,(H,24,25)/b14-9+. The molecule has 0 saturated heterocycles. The van der Waals surface area contributed by atoms with E-state index in [1.807, 2.05) is 0 Å². The van der Waals surface area contributed by atoms with Crippen LogP contribution in [0.15, 0.2) is 34.9 Å². The van der Waals surface area contributed by atoms with E-state index in [1.54, 1.807) is 13.8 Å². The first-order valence-corrected chi connectivity index (χ1v) is 8.95. The predicted molar refractivity (Wildman–Crippen MR) is 99.7 cm³/mol. The quantitative estimate of drug-likeness (QED) is 0.257. The Balaban J connectivity index is 2.39. The van der Waals surface area contributed by atoms with Crippen molar-refractivity contribution in [3.63, 3.8) is 0 Å². The number of ether oxygens (including phenoxy) is 1. The molecule has 0 atom stereocenters. The van der Waals surface area contributed by atoms with Crippen LogP contribution in [-0.2, 0) is 23.9 Å². The number of unbranched alkanes of at least 4 members (excludes halogenated alkanes) is 3. The Morgan fingerprint density at radius 3 is 2.33 bits per heavy atom. The lowest BCUT2D eigenvalue weighted by Gasteiger charge is -2.14. The van der Waals surface area contributed by atoms with Gasteiger partial charge in [-0.1, -0.05) is 19.1 Å². The van der Waals surface area contributed by atoms with Crippen molar-refractivity contribution in [1.29, 1.82) is 0 Å². The number of allylic oxidation sites excluding steroid dienone is 1. The van der Waals surface area contributed by atoms with Crippen LogP contribution in [0.2, 0.25) is 0 Å². The molecule has 0 aromatic heterocycles. The minimum absolute atomic E-state index is 0.138. The van der Waals surface area contributed by atoms with E-state index in [-0.39, 0.29) is 23.8 Å².